The molecule has 2 aromatic rings. The molecule has 2 fully saturated rings. The molecule has 0 radical (unpaired) electrons. The van der Waals surface area contributed by atoms with Crippen LogP contribution in [0.4, 0.5) is 0 Å². The van der Waals surface area contributed by atoms with E-state index in [0.29, 0.717) is 10.0 Å². The van der Waals surface area contributed by atoms with Crippen LogP contribution in [0.3, 0.4) is 0 Å². The first-order chi connectivity index (χ1) is 15.3. The second-order valence-electron chi connectivity index (χ2n) is 8.85. The molecule has 1 heterocycles. The highest BCUT2D eigenvalue weighted by Gasteiger charge is 2.58. The number of carbonyl (C=O) groups is 2. The maximum atomic E-state index is 14.1. The third-order valence-electron chi connectivity index (χ3n) is 6.98. The highest BCUT2D eigenvalue weighted by atomic mass is 35.5. The lowest BCUT2D eigenvalue weighted by molar-refractivity contribution is -0.136. The Morgan fingerprint density at radius 2 is 1.72 bits per heavy atom. The van der Waals surface area contributed by atoms with Crippen LogP contribution in [0.15, 0.2) is 42.5 Å². The zero-order valence-electron chi connectivity index (χ0n) is 18.4. The molecule has 4 rings (SSSR count). The summed E-state index contributed by atoms with van der Waals surface area (Å²) >= 11 is 12.6. The fourth-order valence-electron chi connectivity index (χ4n) is 5.56. The maximum absolute atomic E-state index is 14.1. The van der Waals surface area contributed by atoms with Crippen LogP contribution in [-0.2, 0) is 4.79 Å². The molecule has 1 saturated heterocycles. The summed E-state index contributed by atoms with van der Waals surface area (Å²) in [5.74, 6) is -0.903. The molecule has 1 aliphatic carbocycles. The molecule has 1 amide bonds. The zero-order chi connectivity index (χ0) is 23.0. The predicted molar refractivity (Wildman–Crippen MR) is 126 cm³/mol. The number of aromatic carboxylic acids is 1. The van der Waals surface area contributed by atoms with Crippen molar-refractivity contribution in [2.45, 2.75) is 63.2 Å². The van der Waals surface area contributed by atoms with Gasteiger partial charge in [0.1, 0.15) is 6.04 Å². The molecule has 2 aromatic carbocycles. The molecule has 1 spiro atoms. The Labute approximate surface area is 198 Å². The van der Waals surface area contributed by atoms with Crippen molar-refractivity contribution in [1.82, 2.24) is 9.80 Å². The quantitative estimate of drug-likeness (QED) is 0.531. The smallest absolute Gasteiger partial charge is 0.335 e. The average Bonchev–Trinajstić information content (AvgIpc) is 3.30. The molecule has 5 nitrogen and oxygen atoms in total. The number of hydrogen-bond acceptors (Lipinski definition) is 3. The Balaban J connectivity index is 1.80. The van der Waals surface area contributed by atoms with Gasteiger partial charge in [0.2, 0.25) is 5.91 Å². The average molecular weight is 475 g/mol. The summed E-state index contributed by atoms with van der Waals surface area (Å²) in [6, 6.07) is 11.7. The molecule has 1 aliphatic heterocycles. The van der Waals surface area contributed by atoms with Gasteiger partial charge >= 0.3 is 5.97 Å². The largest absolute Gasteiger partial charge is 0.478 e. The fourth-order valence-corrected chi connectivity index (χ4v) is 6.10. The van der Waals surface area contributed by atoms with Crippen LogP contribution in [0.2, 0.25) is 10.0 Å². The van der Waals surface area contributed by atoms with E-state index in [1.165, 1.54) is 0 Å². The van der Waals surface area contributed by atoms with Crippen LogP contribution in [0.25, 0.3) is 0 Å². The number of amides is 1. The number of benzene rings is 2. The lowest BCUT2D eigenvalue weighted by Crippen LogP contribution is -2.52. The van der Waals surface area contributed by atoms with Crippen molar-refractivity contribution >= 4 is 35.1 Å². The molecule has 1 saturated carbocycles. The van der Waals surface area contributed by atoms with Gasteiger partial charge in [-0.2, -0.15) is 0 Å². The summed E-state index contributed by atoms with van der Waals surface area (Å²) in [7, 11) is 2.03. The van der Waals surface area contributed by atoms with Gasteiger partial charge in [0.25, 0.3) is 0 Å². The number of hydrogen-bond donors (Lipinski definition) is 1. The van der Waals surface area contributed by atoms with Gasteiger partial charge in [-0.05, 0) is 80.6 Å². The number of carboxylic acids is 1. The molecule has 2 unspecified atom stereocenters. The first-order valence-electron chi connectivity index (χ1n) is 11.1. The number of carboxylic acid groups (broad SMARTS) is 1. The number of likely N-dealkylation sites (N-methyl/N-ethyl adjacent to an activating group) is 1. The van der Waals surface area contributed by atoms with Crippen LogP contribution in [0, 0.1) is 0 Å². The highest BCUT2D eigenvalue weighted by molar-refractivity contribution is 6.34. The third-order valence-corrected chi connectivity index (χ3v) is 7.42. The van der Waals surface area contributed by atoms with Crippen molar-refractivity contribution in [1.29, 1.82) is 0 Å². The summed E-state index contributed by atoms with van der Waals surface area (Å²) in [6.45, 7) is 2.11. The van der Waals surface area contributed by atoms with E-state index in [-0.39, 0.29) is 23.2 Å². The van der Waals surface area contributed by atoms with Gasteiger partial charge in [0.05, 0.1) is 17.3 Å². The van der Waals surface area contributed by atoms with Gasteiger partial charge in [-0.15, -0.1) is 0 Å². The summed E-state index contributed by atoms with van der Waals surface area (Å²) in [5.41, 5.74) is 1.65. The number of carbonyl (C=O) groups excluding carboxylic acids is 1. The van der Waals surface area contributed by atoms with Crippen molar-refractivity contribution in [3.63, 3.8) is 0 Å². The van der Waals surface area contributed by atoms with Crippen LogP contribution in [0.1, 0.15) is 79.0 Å². The number of nitrogens with zero attached hydrogens (tertiary/aromatic N) is 2. The first kappa shape index (κ1) is 23.1. The van der Waals surface area contributed by atoms with Crippen molar-refractivity contribution < 1.29 is 14.7 Å². The monoisotopic (exact) mass is 474 g/mol. The Morgan fingerprint density at radius 3 is 2.25 bits per heavy atom. The highest BCUT2D eigenvalue weighted by Crippen LogP contribution is 2.52. The summed E-state index contributed by atoms with van der Waals surface area (Å²) in [6.07, 6.45) is 5.65. The van der Waals surface area contributed by atoms with Crippen molar-refractivity contribution in [2.75, 3.05) is 7.05 Å². The minimum Gasteiger partial charge on any atom is -0.478 e. The Kier molecular flexibility index (Phi) is 6.53. The van der Waals surface area contributed by atoms with E-state index in [1.54, 1.807) is 18.2 Å². The maximum Gasteiger partial charge on any atom is 0.335 e. The molecule has 0 bridgehead atoms. The van der Waals surface area contributed by atoms with Gasteiger partial charge in [-0.3, -0.25) is 9.69 Å². The van der Waals surface area contributed by atoms with E-state index in [1.807, 2.05) is 31.3 Å². The SMILES string of the molecule is CCCC(c1ccc(C(=O)O)cc1)N1C(=O)C(c2cc(Cl)cc(Cl)c2)N(C)C12CCCC2. The lowest BCUT2D eigenvalue weighted by Gasteiger charge is -2.44. The van der Waals surface area contributed by atoms with Gasteiger partial charge in [-0.1, -0.05) is 48.7 Å². The molecule has 7 heteroatoms. The predicted octanol–water partition coefficient (Wildman–Crippen LogP) is 6.32. The van der Waals surface area contributed by atoms with Crippen LogP contribution in [0.5, 0.6) is 0 Å². The molecule has 170 valence electrons. The van der Waals surface area contributed by atoms with Gasteiger partial charge in [0, 0.05) is 10.0 Å². The zero-order valence-corrected chi connectivity index (χ0v) is 19.9. The number of rotatable bonds is 6. The fraction of sp³-hybridized carbons (Fsp3) is 0.440. The second-order valence-corrected chi connectivity index (χ2v) is 9.72. The van der Waals surface area contributed by atoms with E-state index < -0.39 is 12.0 Å². The topological polar surface area (TPSA) is 60.9 Å². The molecule has 32 heavy (non-hydrogen) atoms. The number of halogens is 2. The summed E-state index contributed by atoms with van der Waals surface area (Å²) in [4.78, 5) is 29.7. The van der Waals surface area contributed by atoms with Gasteiger partial charge in [-0.25, -0.2) is 4.79 Å². The van der Waals surface area contributed by atoms with E-state index in [9.17, 15) is 14.7 Å². The second kappa shape index (κ2) is 9.05. The van der Waals surface area contributed by atoms with Crippen LogP contribution < -0.4 is 0 Å². The lowest BCUT2D eigenvalue weighted by atomic mass is 9.95. The minimum atomic E-state index is -0.953. The van der Waals surface area contributed by atoms with Crippen molar-refractivity contribution in [3.05, 3.63) is 69.2 Å². The minimum absolute atomic E-state index is 0.0495. The molecular weight excluding hydrogens is 447 g/mol. The van der Waals surface area contributed by atoms with Crippen molar-refractivity contribution in [3.8, 4) is 0 Å². The summed E-state index contributed by atoms with van der Waals surface area (Å²) in [5, 5.41) is 10.3. The van der Waals surface area contributed by atoms with Crippen molar-refractivity contribution in [2.24, 2.45) is 0 Å². The molecule has 2 aliphatic rings. The third kappa shape index (κ3) is 3.91. The Bertz CT molecular complexity index is 998. The molecular formula is C25H28Cl2N2O3. The van der Waals surface area contributed by atoms with E-state index in [0.717, 1.165) is 49.7 Å². The van der Waals surface area contributed by atoms with E-state index in [4.69, 9.17) is 23.2 Å². The van der Waals surface area contributed by atoms with Gasteiger partial charge < -0.3 is 10.0 Å². The van der Waals surface area contributed by atoms with E-state index >= 15 is 0 Å². The Hall–Kier alpha value is -2.08. The van der Waals surface area contributed by atoms with Crippen LogP contribution >= 0.6 is 23.2 Å². The Morgan fingerprint density at radius 1 is 1.12 bits per heavy atom. The van der Waals surface area contributed by atoms with E-state index in [2.05, 4.69) is 16.7 Å². The van der Waals surface area contributed by atoms with Gasteiger partial charge in [0.15, 0.2) is 0 Å². The molecule has 2 atom stereocenters. The molecule has 0 aromatic heterocycles. The standard InChI is InChI=1S/C25H28Cl2N2O3/c1-3-6-21(16-7-9-17(10-8-16)24(31)32)29-23(30)22(18-13-19(26)15-20(27)14-18)28(2)25(29)11-4-5-12-25/h7-10,13-15,21-22H,3-6,11-12H2,1-2H3,(H,31,32). The van der Waals surface area contributed by atoms with Crippen LogP contribution in [-0.4, -0.2) is 39.5 Å². The summed E-state index contributed by atoms with van der Waals surface area (Å²) < 4.78 is 0. The first-order valence-corrected chi connectivity index (χ1v) is 11.9. The normalized spacial score (nSPS) is 21.4. The molecule has 1 N–H and O–H groups in total.